The first-order chi connectivity index (χ1) is 12.6. The molecule has 1 aliphatic heterocycles. The monoisotopic (exact) mass is 361 g/mol. The molecule has 3 heterocycles. The lowest BCUT2D eigenvalue weighted by Gasteiger charge is -2.21. The van der Waals surface area contributed by atoms with Gasteiger partial charge in [0, 0.05) is 32.4 Å². The van der Waals surface area contributed by atoms with E-state index in [4.69, 9.17) is 4.42 Å². The van der Waals surface area contributed by atoms with Gasteiger partial charge in [-0.25, -0.2) is 9.78 Å². The third kappa shape index (κ3) is 4.08. The number of ether oxygens (including phenoxy) is 1. The van der Waals surface area contributed by atoms with Crippen LogP contribution in [0.15, 0.2) is 34.9 Å². The minimum absolute atomic E-state index is 0.00490. The van der Waals surface area contributed by atoms with Gasteiger partial charge in [-0.1, -0.05) is 0 Å². The van der Waals surface area contributed by atoms with Crippen molar-refractivity contribution in [3.05, 3.63) is 53.5 Å². The molecule has 8 heteroatoms. The fraction of sp³-hybridized carbons (Fsp3) is 0.389. The maximum atomic E-state index is 13.7. The molecule has 0 radical (unpaired) electrons. The largest absolute Gasteiger partial charge is 0.463 e. The zero-order valence-corrected chi connectivity index (χ0v) is 14.5. The van der Waals surface area contributed by atoms with Crippen molar-refractivity contribution < 1.29 is 23.1 Å². The predicted octanol–water partition coefficient (Wildman–Crippen LogP) is 1.95. The van der Waals surface area contributed by atoms with E-state index in [-0.39, 0.29) is 17.2 Å². The molecule has 2 aromatic heterocycles. The van der Waals surface area contributed by atoms with Crippen LogP contribution in [-0.4, -0.2) is 59.9 Å². The third-order valence-corrected chi connectivity index (χ3v) is 4.29. The first-order valence-corrected chi connectivity index (χ1v) is 8.37. The Hall–Kier alpha value is -2.74. The molecule has 2 aromatic rings. The maximum absolute atomic E-state index is 13.7. The fourth-order valence-electron chi connectivity index (χ4n) is 2.94. The Morgan fingerprint density at radius 2 is 2.08 bits per heavy atom. The molecule has 1 aliphatic rings. The number of furan rings is 1. The van der Waals surface area contributed by atoms with Gasteiger partial charge in [-0.2, -0.15) is 4.39 Å². The Labute approximate surface area is 150 Å². The first kappa shape index (κ1) is 18.1. The highest BCUT2D eigenvalue weighted by Crippen LogP contribution is 2.15. The number of halogens is 1. The Bertz CT molecular complexity index is 792. The van der Waals surface area contributed by atoms with Gasteiger partial charge in [-0.05, 0) is 30.7 Å². The number of carbonyl (C=O) groups excluding carboxylic acids is 2. The van der Waals surface area contributed by atoms with E-state index in [0.29, 0.717) is 31.9 Å². The van der Waals surface area contributed by atoms with Crippen LogP contribution in [0.5, 0.6) is 0 Å². The van der Waals surface area contributed by atoms with E-state index in [1.54, 1.807) is 23.1 Å². The molecule has 26 heavy (non-hydrogen) atoms. The SMILES string of the molecule is COC(=O)c1ccc(CN2CCCN(C(=O)c3cccnc3F)CC2)o1. The molecule has 0 aliphatic carbocycles. The summed E-state index contributed by atoms with van der Waals surface area (Å²) < 4.78 is 23.8. The molecule has 1 amide bonds. The Morgan fingerprint density at radius 3 is 2.85 bits per heavy atom. The first-order valence-electron chi connectivity index (χ1n) is 8.37. The lowest BCUT2D eigenvalue weighted by atomic mass is 10.2. The molecule has 1 saturated heterocycles. The van der Waals surface area contributed by atoms with Gasteiger partial charge in [0.05, 0.1) is 19.2 Å². The summed E-state index contributed by atoms with van der Waals surface area (Å²) in [6, 6.07) is 6.33. The van der Waals surface area contributed by atoms with Gasteiger partial charge in [-0.15, -0.1) is 0 Å². The van der Waals surface area contributed by atoms with Gasteiger partial charge in [0.1, 0.15) is 5.76 Å². The van der Waals surface area contributed by atoms with Crippen LogP contribution in [0.25, 0.3) is 0 Å². The van der Waals surface area contributed by atoms with E-state index < -0.39 is 11.9 Å². The molecular weight excluding hydrogens is 341 g/mol. The van der Waals surface area contributed by atoms with Gasteiger partial charge >= 0.3 is 5.97 Å². The fourth-order valence-corrected chi connectivity index (χ4v) is 2.94. The maximum Gasteiger partial charge on any atom is 0.373 e. The molecule has 138 valence electrons. The molecule has 0 atom stereocenters. The van der Waals surface area contributed by atoms with Crippen molar-refractivity contribution >= 4 is 11.9 Å². The lowest BCUT2D eigenvalue weighted by Crippen LogP contribution is -2.35. The normalized spacial score (nSPS) is 15.5. The van der Waals surface area contributed by atoms with E-state index in [9.17, 15) is 14.0 Å². The van der Waals surface area contributed by atoms with Gasteiger partial charge in [-0.3, -0.25) is 9.69 Å². The predicted molar refractivity (Wildman–Crippen MR) is 90.0 cm³/mol. The molecule has 0 bridgehead atoms. The standard InChI is InChI=1S/C18H20FN3O4/c1-25-18(24)15-6-5-13(26-15)12-21-8-3-9-22(11-10-21)17(23)14-4-2-7-20-16(14)19/h2,4-7H,3,8-12H2,1H3. The van der Waals surface area contributed by atoms with E-state index in [1.165, 1.54) is 19.4 Å². The topological polar surface area (TPSA) is 75.9 Å². The highest BCUT2D eigenvalue weighted by Gasteiger charge is 2.23. The molecule has 3 rings (SSSR count). The number of carbonyl (C=O) groups is 2. The van der Waals surface area contributed by atoms with Crippen LogP contribution in [0.3, 0.4) is 0 Å². The van der Waals surface area contributed by atoms with Crippen molar-refractivity contribution in [2.75, 3.05) is 33.3 Å². The van der Waals surface area contributed by atoms with Crippen LogP contribution in [0.4, 0.5) is 4.39 Å². The molecule has 0 unspecified atom stereocenters. The number of esters is 1. The van der Waals surface area contributed by atoms with E-state index in [2.05, 4.69) is 14.6 Å². The number of rotatable bonds is 4. The number of hydrogen-bond donors (Lipinski definition) is 0. The zero-order chi connectivity index (χ0) is 18.5. The van der Waals surface area contributed by atoms with E-state index in [1.807, 2.05) is 0 Å². The second-order valence-corrected chi connectivity index (χ2v) is 6.02. The summed E-state index contributed by atoms with van der Waals surface area (Å²) in [6.45, 7) is 2.96. The number of hydrogen-bond acceptors (Lipinski definition) is 6. The van der Waals surface area contributed by atoms with Gasteiger partial charge < -0.3 is 14.1 Å². The molecule has 7 nitrogen and oxygen atoms in total. The van der Waals surface area contributed by atoms with Crippen LogP contribution in [0, 0.1) is 5.95 Å². The molecule has 0 saturated carbocycles. The third-order valence-electron chi connectivity index (χ3n) is 4.29. The highest BCUT2D eigenvalue weighted by atomic mass is 19.1. The Morgan fingerprint density at radius 1 is 1.23 bits per heavy atom. The second-order valence-electron chi connectivity index (χ2n) is 6.02. The van der Waals surface area contributed by atoms with Crippen LogP contribution in [0.1, 0.15) is 33.1 Å². The summed E-state index contributed by atoms with van der Waals surface area (Å²) >= 11 is 0. The van der Waals surface area contributed by atoms with Crippen molar-refractivity contribution in [1.82, 2.24) is 14.8 Å². The van der Waals surface area contributed by atoms with Gasteiger partial charge in [0.25, 0.3) is 5.91 Å². The quantitative estimate of drug-likeness (QED) is 0.612. The summed E-state index contributed by atoms with van der Waals surface area (Å²) in [4.78, 5) is 31.3. The van der Waals surface area contributed by atoms with Crippen molar-refractivity contribution in [2.45, 2.75) is 13.0 Å². The second kappa shape index (κ2) is 8.09. The van der Waals surface area contributed by atoms with Crippen LogP contribution in [0.2, 0.25) is 0 Å². The molecule has 0 aromatic carbocycles. The summed E-state index contributed by atoms with van der Waals surface area (Å²) in [5, 5.41) is 0. The van der Waals surface area contributed by atoms with Crippen LogP contribution in [-0.2, 0) is 11.3 Å². The van der Waals surface area contributed by atoms with Crippen molar-refractivity contribution in [3.63, 3.8) is 0 Å². The number of aromatic nitrogens is 1. The average molecular weight is 361 g/mol. The molecule has 1 fully saturated rings. The summed E-state index contributed by atoms with van der Waals surface area (Å²) in [5.74, 6) is -0.778. The summed E-state index contributed by atoms with van der Waals surface area (Å²) in [6.07, 6.45) is 2.08. The Balaban J connectivity index is 1.60. The molecule has 0 spiro atoms. The van der Waals surface area contributed by atoms with Crippen LogP contribution < -0.4 is 0 Å². The average Bonchev–Trinajstić information content (AvgIpc) is 2.99. The Kier molecular flexibility index (Phi) is 5.62. The zero-order valence-electron chi connectivity index (χ0n) is 14.5. The number of methoxy groups -OCH3 is 1. The van der Waals surface area contributed by atoms with Gasteiger partial charge in [0.15, 0.2) is 0 Å². The highest BCUT2D eigenvalue weighted by molar-refractivity contribution is 5.94. The number of amides is 1. The lowest BCUT2D eigenvalue weighted by molar-refractivity contribution is 0.0560. The van der Waals surface area contributed by atoms with Crippen molar-refractivity contribution in [2.24, 2.45) is 0 Å². The van der Waals surface area contributed by atoms with E-state index >= 15 is 0 Å². The van der Waals surface area contributed by atoms with E-state index in [0.717, 1.165) is 13.0 Å². The number of pyridine rings is 1. The minimum atomic E-state index is -0.746. The van der Waals surface area contributed by atoms with Crippen molar-refractivity contribution in [3.8, 4) is 0 Å². The summed E-state index contributed by atoms with van der Waals surface area (Å²) in [5.41, 5.74) is -0.00490. The minimum Gasteiger partial charge on any atom is -0.463 e. The van der Waals surface area contributed by atoms with Crippen LogP contribution >= 0.6 is 0 Å². The smallest absolute Gasteiger partial charge is 0.373 e. The summed E-state index contributed by atoms with van der Waals surface area (Å²) in [7, 11) is 1.30. The van der Waals surface area contributed by atoms with Crippen molar-refractivity contribution in [1.29, 1.82) is 0 Å². The number of nitrogens with zero attached hydrogens (tertiary/aromatic N) is 3. The molecule has 0 N–H and O–H groups in total. The molecular formula is C18H20FN3O4. The van der Waals surface area contributed by atoms with Gasteiger partial charge in [0.2, 0.25) is 11.7 Å².